The molecule has 1 aromatic heterocycles. The van der Waals surface area contributed by atoms with Crippen molar-refractivity contribution in [2.75, 3.05) is 11.5 Å². The average Bonchev–Trinajstić information content (AvgIpc) is 3.04. The molecule has 0 bridgehead atoms. The molecule has 8 heteroatoms. The van der Waals surface area contributed by atoms with Crippen LogP contribution in [-0.2, 0) is 14.3 Å². The summed E-state index contributed by atoms with van der Waals surface area (Å²) in [5.41, 5.74) is 4.32. The topological polar surface area (TPSA) is 96.4 Å². The Hall–Kier alpha value is -1.54. The van der Waals surface area contributed by atoms with Crippen molar-refractivity contribution in [3.05, 3.63) is 22.7 Å². The second kappa shape index (κ2) is 8.00. The zero-order valence-corrected chi connectivity index (χ0v) is 16.3. The highest BCUT2D eigenvalue weighted by atomic mass is 32.2. The summed E-state index contributed by atoms with van der Waals surface area (Å²) in [6.07, 6.45) is 4.11. The Kier molecular flexibility index (Phi) is 5.92. The second-order valence-corrected chi connectivity index (χ2v) is 8.69. The third-order valence-corrected chi connectivity index (χ3v) is 6.34. The number of rotatable bonds is 4. The molecule has 2 N–H and O–H groups in total. The molecule has 144 valence electrons. The van der Waals surface area contributed by atoms with Gasteiger partial charge in [0.1, 0.15) is 18.1 Å². The Bertz CT molecular complexity index is 708. The first-order chi connectivity index (χ1) is 12.3. The van der Waals surface area contributed by atoms with Crippen LogP contribution < -0.4 is 11.4 Å². The van der Waals surface area contributed by atoms with Gasteiger partial charge in [0.15, 0.2) is 0 Å². The van der Waals surface area contributed by atoms with Crippen LogP contribution in [0.4, 0.5) is 5.82 Å². The van der Waals surface area contributed by atoms with Crippen LogP contribution in [0.5, 0.6) is 0 Å². The van der Waals surface area contributed by atoms with Crippen molar-refractivity contribution >= 4 is 23.5 Å². The molecule has 1 saturated heterocycles. The number of hydrogen-bond acceptors (Lipinski definition) is 7. The molecule has 2 aliphatic rings. The van der Waals surface area contributed by atoms with Gasteiger partial charge in [0, 0.05) is 11.9 Å². The molecule has 3 rings (SSSR count). The summed E-state index contributed by atoms with van der Waals surface area (Å²) >= 11 is 1.35. The summed E-state index contributed by atoms with van der Waals surface area (Å²) in [6, 6.07) is 1.54. The summed E-state index contributed by atoms with van der Waals surface area (Å²) in [6.45, 7) is 6.56. The smallest absolute Gasteiger partial charge is 0.351 e. The van der Waals surface area contributed by atoms with Gasteiger partial charge >= 0.3 is 11.7 Å². The molecule has 2 heterocycles. The Morgan fingerprint density at radius 1 is 1.46 bits per heavy atom. The van der Waals surface area contributed by atoms with Crippen LogP contribution in [0, 0.1) is 17.8 Å². The lowest BCUT2D eigenvalue weighted by Gasteiger charge is -2.37. The molecule has 1 aromatic rings. The lowest BCUT2D eigenvalue weighted by atomic mass is 9.75. The quantitative estimate of drug-likeness (QED) is 0.800. The number of thioether (sulfide) groups is 1. The number of hydrogen-bond donors (Lipinski definition) is 1. The van der Waals surface area contributed by atoms with Crippen LogP contribution in [0.3, 0.4) is 0 Å². The summed E-state index contributed by atoms with van der Waals surface area (Å²) < 4.78 is 13.0. The monoisotopic (exact) mass is 381 g/mol. The molecular weight excluding hydrogens is 354 g/mol. The van der Waals surface area contributed by atoms with E-state index in [1.54, 1.807) is 6.20 Å². The third kappa shape index (κ3) is 4.23. The first-order valence-corrected chi connectivity index (χ1v) is 10.2. The lowest BCUT2D eigenvalue weighted by molar-refractivity contribution is -0.166. The maximum absolute atomic E-state index is 12.6. The number of anilines is 1. The van der Waals surface area contributed by atoms with Gasteiger partial charge in [0.05, 0.1) is 0 Å². The van der Waals surface area contributed by atoms with E-state index in [1.165, 1.54) is 28.8 Å². The summed E-state index contributed by atoms with van der Waals surface area (Å²) in [4.78, 5) is 28.3. The van der Waals surface area contributed by atoms with Crippen LogP contribution >= 0.6 is 11.8 Å². The minimum atomic E-state index is -0.713. The fourth-order valence-corrected chi connectivity index (χ4v) is 4.74. The fourth-order valence-electron chi connectivity index (χ4n) is 3.76. The Balaban J connectivity index is 1.63. The fraction of sp³-hybridized carbons (Fsp3) is 0.722. The zero-order valence-electron chi connectivity index (χ0n) is 15.5. The largest absolute Gasteiger partial charge is 0.459 e. The Labute approximate surface area is 157 Å². The SMILES string of the molecule is CC(C)[C@@H]1CC[C@@H](C)C[C@H]1OC(=O)[C@@H]1OC(n2ccc(N)nc2=O)CS1. The van der Waals surface area contributed by atoms with E-state index in [1.807, 2.05) is 0 Å². The van der Waals surface area contributed by atoms with Crippen molar-refractivity contribution < 1.29 is 14.3 Å². The Morgan fingerprint density at radius 3 is 2.92 bits per heavy atom. The number of nitrogens with zero attached hydrogens (tertiary/aromatic N) is 2. The highest BCUT2D eigenvalue weighted by molar-refractivity contribution is 8.00. The Morgan fingerprint density at radius 2 is 2.23 bits per heavy atom. The number of aromatic nitrogens is 2. The number of nitrogens with two attached hydrogens (primary N) is 1. The van der Waals surface area contributed by atoms with Crippen LogP contribution in [0.2, 0.25) is 0 Å². The van der Waals surface area contributed by atoms with Crippen molar-refractivity contribution in [1.29, 1.82) is 0 Å². The number of ether oxygens (including phenoxy) is 2. The maximum Gasteiger partial charge on any atom is 0.351 e. The van der Waals surface area contributed by atoms with Crippen LogP contribution in [0.1, 0.15) is 46.3 Å². The standard InChI is InChI=1S/C18H27N3O4S/c1-10(2)12-5-4-11(3)8-13(12)24-16(22)17-25-15(9-26-17)21-7-6-14(19)20-18(21)23/h6-7,10-13,15,17H,4-5,8-9H2,1-3H3,(H2,19,20,23)/t11-,12+,13-,15?,17-/m1/s1. The first-order valence-electron chi connectivity index (χ1n) is 9.17. The van der Waals surface area contributed by atoms with Crippen molar-refractivity contribution in [1.82, 2.24) is 9.55 Å². The van der Waals surface area contributed by atoms with E-state index in [2.05, 4.69) is 25.8 Å². The minimum absolute atomic E-state index is 0.0598. The van der Waals surface area contributed by atoms with E-state index in [0.717, 1.165) is 12.8 Å². The second-order valence-electron chi connectivity index (χ2n) is 7.60. The summed E-state index contributed by atoms with van der Waals surface area (Å²) in [5, 5.41) is 0. The summed E-state index contributed by atoms with van der Waals surface area (Å²) in [7, 11) is 0. The molecule has 0 aromatic carbocycles. The molecule has 1 saturated carbocycles. The molecule has 7 nitrogen and oxygen atoms in total. The molecular formula is C18H27N3O4S. The van der Waals surface area contributed by atoms with Gasteiger partial charge in [-0.15, -0.1) is 11.8 Å². The van der Waals surface area contributed by atoms with Crippen molar-refractivity contribution in [3.63, 3.8) is 0 Å². The van der Waals surface area contributed by atoms with Crippen LogP contribution in [0.15, 0.2) is 17.1 Å². The van der Waals surface area contributed by atoms with E-state index in [0.29, 0.717) is 23.5 Å². The molecule has 5 atom stereocenters. The van der Waals surface area contributed by atoms with E-state index in [-0.39, 0.29) is 17.9 Å². The van der Waals surface area contributed by atoms with Gasteiger partial charge in [0.25, 0.3) is 0 Å². The zero-order chi connectivity index (χ0) is 18.8. The van der Waals surface area contributed by atoms with Gasteiger partial charge in [-0.1, -0.05) is 27.2 Å². The van der Waals surface area contributed by atoms with Crippen molar-refractivity contribution in [3.8, 4) is 0 Å². The number of carbonyl (C=O) groups excluding carboxylic acids is 1. The molecule has 26 heavy (non-hydrogen) atoms. The number of nitrogen functional groups attached to an aromatic ring is 1. The van der Waals surface area contributed by atoms with Crippen molar-refractivity contribution in [2.24, 2.45) is 17.8 Å². The molecule has 1 aliphatic carbocycles. The molecule has 0 radical (unpaired) electrons. The normalized spacial score (nSPS) is 31.9. The minimum Gasteiger partial charge on any atom is -0.459 e. The van der Waals surface area contributed by atoms with Crippen LogP contribution in [0.25, 0.3) is 0 Å². The third-order valence-electron chi connectivity index (χ3n) is 5.25. The van der Waals surface area contributed by atoms with Gasteiger partial charge < -0.3 is 15.2 Å². The van der Waals surface area contributed by atoms with Gasteiger partial charge in [-0.3, -0.25) is 4.57 Å². The van der Waals surface area contributed by atoms with Gasteiger partial charge in [0.2, 0.25) is 5.44 Å². The van der Waals surface area contributed by atoms with E-state index < -0.39 is 17.4 Å². The van der Waals surface area contributed by atoms with Gasteiger partial charge in [-0.25, -0.2) is 9.59 Å². The van der Waals surface area contributed by atoms with Crippen LogP contribution in [-0.4, -0.2) is 32.8 Å². The molecule has 1 aliphatic heterocycles. The molecule has 0 spiro atoms. The number of carbonyl (C=O) groups is 1. The highest BCUT2D eigenvalue weighted by Gasteiger charge is 2.38. The van der Waals surface area contributed by atoms with Gasteiger partial charge in [-0.2, -0.15) is 4.98 Å². The molecule has 1 unspecified atom stereocenters. The summed E-state index contributed by atoms with van der Waals surface area (Å²) in [5.74, 6) is 1.73. The maximum atomic E-state index is 12.6. The van der Waals surface area contributed by atoms with Gasteiger partial charge in [-0.05, 0) is 36.7 Å². The predicted molar refractivity (Wildman–Crippen MR) is 101 cm³/mol. The predicted octanol–water partition coefficient (Wildman–Crippen LogP) is 2.42. The molecule has 0 amide bonds. The highest BCUT2D eigenvalue weighted by Crippen LogP contribution is 2.37. The first kappa shape index (κ1) is 19.2. The van der Waals surface area contributed by atoms with E-state index in [4.69, 9.17) is 15.2 Å². The van der Waals surface area contributed by atoms with Crippen molar-refractivity contribution in [2.45, 2.75) is 57.8 Å². The van der Waals surface area contributed by atoms with E-state index in [9.17, 15) is 9.59 Å². The van der Waals surface area contributed by atoms with E-state index >= 15 is 0 Å². The number of esters is 1. The lowest BCUT2D eigenvalue weighted by Crippen LogP contribution is -2.38. The average molecular weight is 381 g/mol. The molecule has 2 fully saturated rings.